The van der Waals surface area contributed by atoms with Crippen molar-refractivity contribution >= 4 is 18.1 Å². The molecule has 2 aromatic heterocycles. The van der Waals surface area contributed by atoms with E-state index in [-0.39, 0.29) is 6.54 Å². The van der Waals surface area contributed by atoms with Gasteiger partial charge in [0.05, 0.1) is 36.8 Å². The van der Waals surface area contributed by atoms with Crippen molar-refractivity contribution in [2.24, 2.45) is 11.8 Å². The minimum atomic E-state index is -0.418. The Hall–Kier alpha value is -2.77. The number of carbonyl (C=O) groups is 2. The first kappa shape index (κ1) is 15.7. The van der Waals surface area contributed by atoms with Gasteiger partial charge in [0.25, 0.3) is 0 Å². The summed E-state index contributed by atoms with van der Waals surface area (Å²) < 4.78 is 6.49. The summed E-state index contributed by atoms with van der Waals surface area (Å²) in [6.45, 7) is 4.33. The minimum Gasteiger partial charge on any atom is -0.462 e. The molecule has 4 rings (SSSR count). The Morgan fingerprint density at radius 2 is 2.16 bits per heavy atom. The zero-order valence-corrected chi connectivity index (χ0v) is 14.0. The van der Waals surface area contributed by atoms with E-state index in [4.69, 9.17) is 4.74 Å². The van der Waals surface area contributed by atoms with Crippen LogP contribution in [-0.4, -0.2) is 51.7 Å². The fourth-order valence-electron chi connectivity index (χ4n) is 3.30. The van der Waals surface area contributed by atoms with E-state index in [1.807, 2.05) is 0 Å². The summed E-state index contributed by atoms with van der Waals surface area (Å²) in [5, 5.41) is 4.13. The molecule has 8 heteroatoms. The van der Waals surface area contributed by atoms with E-state index in [0.29, 0.717) is 23.6 Å². The van der Waals surface area contributed by atoms with Gasteiger partial charge < -0.3 is 9.64 Å². The van der Waals surface area contributed by atoms with Gasteiger partial charge in [-0.25, -0.2) is 9.78 Å². The number of anilines is 1. The van der Waals surface area contributed by atoms with Crippen molar-refractivity contribution in [1.29, 1.82) is 0 Å². The zero-order valence-electron chi connectivity index (χ0n) is 14.0. The molecule has 130 valence electrons. The summed E-state index contributed by atoms with van der Waals surface area (Å²) in [7, 11) is 0. The van der Waals surface area contributed by atoms with E-state index in [1.54, 1.807) is 24.0 Å². The smallest absolute Gasteiger partial charge is 0.341 e. The minimum absolute atomic E-state index is 0.270. The highest BCUT2D eigenvalue weighted by Gasteiger charge is 2.45. The van der Waals surface area contributed by atoms with Crippen molar-refractivity contribution in [2.75, 3.05) is 24.6 Å². The molecule has 0 aromatic carbocycles. The van der Waals surface area contributed by atoms with Gasteiger partial charge in [0, 0.05) is 19.3 Å². The van der Waals surface area contributed by atoms with E-state index in [9.17, 15) is 9.59 Å². The third kappa shape index (κ3) is 3.11. The Morgan fingerprint density at radius 3 is 2.88 bits per heavy atom. The van der Waals surface area contributed by atoms with E-state index in [0.717, 1.165) is 37.0 Å². The van der Waals surface area contributed by atoms with Crippen molar-refractivity contribution in [3.05, 3.63) is 35.5 Å². The molecule has 0 N–H and O–H groups in total. The molecule has 2 aromatic rings. The monoisotopic (exact) mass is 341 g/mol. The Kier molecular flexibility index (Phi) is 3.95. The number of hydrogen-bond donors (Lipinski definition) is 0. The van der Waals surface area contributed by atoms with Crippen LogP contribution in [-0.2, 0) is 11.3 Å². The van der Waals surface area contributed by atoms with Gasteiger partial charge in [-0.05, 0) is 25.2 Å². The van der Waals surface area contributed by atoms with Gasteiger partial charge >= 0.3 is 5.97 Å². The Labute approximate surface area is 144 Å². The summed E-state index contributed by atoms with van der Waals surface area (Å²) in [6.07, 6.45) is 6.76. The van der Waals surface area contributed by atoms with Crippen molar-refractivity contribution in [3.8, 4) is 0 Å². The topological polar surface area (TPSA) is 90.2 Å². The van der Waals surface area contributed by atoms with Crippen LogP contribution in [0.4, 0.5) is 5.82 Å². The van der Waals surface area contributed by atoms with Crippen LogP contribution in [0.25, 0.3) is 0 Å². The first-order valence-electron chi connectivity index (χ1n) is 8.43. The van der Waals surface area contributed by atoms with E-state index < -0.39 is 5.97 Å². The number of rotatable bonds is 6. The van der Waals surface area contributed by atoms with Crippen LogP contribution in [0, 0.1) is 11.8 Å². The summed E-state index contributed by atoms with van der Waals surface area (Å²) in [4.78, 5) is 34.2. The SMILES string of the molecule is CCOC(=O)c1cnn(Cc2ncc(N3CC4CC4C3)nc2C=O)c1. The Morgan fingerprint density at radius 1 is 1.36 bits per heavy atom. The summed E-state index contributed by atoms with van der Waals surface area (Å²) in [5.74, 6) is 1.90. The first-order chi connectivity index (χ1) is 12.2. The standard InChI is InChI=1S/C17H19N5O3/c1-2-25-17(24)13-4-19-22(8-13)9-14-15(10-23)20-16(5-18-14)21-6-11-3-12(11)7-21/h4-5,8,10-12H,2-3,6-7,9H2,1H3. The lowest BCUT2D eigenvalue weighted by atomic mass is 10.3. The first-order valence-corrected chi connectivity index (χ1v) is 8.43. The van der Waals surface area contributed by atoms with Crippen LogP contribution in [0.1, 0.15) is 39.9 Å². The average Bonchev–Trinajstić information content (AvgIpc) is 3.02. The molecule has 0 spiro atoms. The van der Waals surface area contributed by atoms with Gasteiger partial charge in [-0.15, -0.1) is 0 Å². The van der Waals surface area contributed by atoms with Crippen LogP contribution in [0.5, 0.6) is 0 Å². The Balaban J connectivity index is 1.50. The zero-order chi connectivity index (χ0) is 17.4. The lowest BCUT2D eigenvalue weighted by Gasteiger charge is -2.19. The second kappa shape index (κ2) is 6.27. The maximum Gasteiger partial charge on any atom is 0.341 e. The van der Waals surface area contributed by atoms with Crippen molar-refractivity contribution < 1.29 is 14.3 Å². The van der Waals surface area contributed by atoms with Gasteiger partial charge in [-0.2, -0.15) is 5.10 Å². The molecule has 2 atom stereocenters. The summed E-state index contributed by atoms with van der Waals surface area (Å²) in [6, 6.07) is 0. The number of fused-ring (bicyclic) bond motifs is 1. The normalized spacial score (nSPS) is 21.1. The quantitative estimate of drug-likeness (QED) is 0.575. The Bertz CT molecular complexity index is 808. The van der Waals surface area contributed by atoms with E-state index in [2.05, 4.69) is 20.0 Å². The fourth-order valence-corrected chi connectivity index (χ4v) is 3.30. The molecule has 0 amide bonds. The second-order valence-corrected chi connectivity index (χ2v) is 6.49. The molecule has 1 aliphatic heterocycles. The maximum atomic E-state index is 11.7. The predicted octanol–water partition coefficient (Wildman–Crippen LogP) is 1.17. The molecule has 1 aliphatic carbocycles. The highest BCUT2D eigenvalue weighted by Crippen LogP contribution is 2.45. The summed E-state index contributed by atoms with van der Waals surface area (Å²) in [5.41, 5.74) is 1.21. The third-order valence-corrected chi connectivity index (χ3v) is 4.74. The number of aromatic nitrogens is 4. The molecule has 0 bridgehead atoms. The van der Waals surface area contributed by atoms with Crippen LogP contribution in [0.2, 0.25) is 0 Å². The van der Waals surface area contributed by atoms with Gasteiger partial charge in [0.1, 0.15) is 11.5 Å². The number of esters is 1. The fraction of sp³-hybridized carbons (Fsp3) is 0.471. The lowest BCUT2D eigenvalue weighted by molar-refractivity contribution is 0.0526. The molecule has 25 heavy (non-hydrogen) atoms. The number of carbonyl (C=O) groups excluding carboxylic acids is 2. The largest absolute Gasteiger partial charge is 0.462 e. The van der Waals surface area contributed by atoms with E-state index >= 15 is 0 Å². The van der Waals surface area contributed by atoms with Crippen LogP contribution in [0.3, 0.4) is 0 Å². The van der Waals surface area contributed by atoms with Crippen LogP contribution in [0.15, 0.2) is 18.6 Å². The molecule has 2 fully saturated rings. The molecule has 0 radical (unpaired) electrons. The molecule has 1 saturated carbocycles. The van der Waals surface area contributed by atoms with Gasteiger partial charge in [-0.3, -0.25) is 14.5 Å². The molecule has 1 saturated heterocycles. The highest BCUT2D eigenvalue weighted by atomic mass is 16.5. The van der Waals surface area contributed by atoms with Crippen molar-refractivity contribution in [3.63, 3.8) is 0 Å². The molecule has 2 aliphatic rings. The van der Waals surface area contributed by atoms with Crippen molar-refractivity contribution in [1.82, 2.24) is 19.7 Å². The molecular formula is C17H19N5O3. The maximum absolute atomic E-state index is 11.7. The van der Waals surface area contributed by atoms with Gasteiger partial charge in [0.15, 0.2) is 6.29 Å². The summed E-state index contributed by atoms with van der Waals surface area (Å²) >= 11 is 0. The van der Waals surface area contributed by atoms with Crippen LogP contribution < -0.4 is 4.90 Å². The predicted molar refractivity (Wildman–Crippen MR) is 88.5 cm³/mol. The molecule has 3 heterocycles. The lowest BCUT2D eigenvalue weighted by Crippen LogP contribution is -2.24. The number of ether oxygens (including phenoxy) is 1. The van der Waals surface area contributed by atoms with Crippen molar-refractivity contribution in [2.45, 2.75) is 19.9 Å². The number of hydrogen-bond acceptors (Lipinski definition) is 7. The van der Waals surface area contributed by atoms with Gasteiger partial charge in [0.2, 0.25) is 0 Å². The molecule has 2 unspecified atom stereocenters. The van der Waals surface area contributed by atoms with Crippen LogP contribution >= 0.6 is 0 Å². The van der Waals surface area contributed by atoms with Gasteiger partial charge in [-0.1, -0.05) is 0 Å². The average molecular weight is 341 g/mol. The van der Waals surface area contributed by atoms with E-state index in [1.165, 1.54) is 12.6 Å². The molecule has 8 nitrogen and oxygen atoms in total. The highest BCUT2D eigenvalue weighted by molar-refractivity contribution is 5.88. The second-order valence-electron chi connectivity index (χ2n) is 6.49. The molecular weight excluding hydrogens is 322 g/mol. The third-order valence-electron chi connectivity index (χ3n) is 4.74. The number of piperidine rings is 1. The number of aldehydes is 1. The number of nitrogens with zero attached hydrogens (tertiary/aromatic N) is 5.